The standard InChI is InChI=1S/C33H44N6O8S/c1-8-19-16-33(19,29(42)38-48(44,45)21-13-14-21)36-26(40)24-15-20(46-27-22-11-9-10-12-23(22)34-18-35-27)17-39(24)28(41)25(31(2,3)4)47-30(43)37-32(5,6)7/h8-12,18-21,24-25H,1,13-17H2,2-7H3,(H,36,40)(H,37,43)(H,38,42)/t19-,20?,24+,25-,33-/m1/s1. The van der Waals surface area contributed by atoms with Crippen LogP contribution in [0.2, 0.25) is 0 Å². The summed E-state index contributed by atoms with van der Waals surface area (Å²) in [5.74, 6) is -2.42. The van der Waals surface area contributed by atoms with Crippen LogP contribution in [0.4, 0.5) is 4.79 Å². The molecule has 2 aliphatic carbocycles. The van der Waals surface area contributed by atoms with Crippen molar-refractivity contribution in [2.75, 3.05) is 6.54 Å². The van der Waals surface area contributed by atoms with Gasteiger partial charge in [0, 0.05) is 23.3 Å². The first-order valence-electron chi connectivity index (χ1n) is 16.0. The fourth-order valence-corrected chi connectivity index (χ4v) is 7.18. The fraction of sp³-hybridized carbons (Fsp3) is 0.576. The highest BCUT2D eigenvalue weighted by Crippen LogP contribution is 2.45. The highest BCUT2D eigenvalue weighted by Gasteiger charge is 2.62. The molecule has 0 spiro atoms. The highest BCUT2D eigenvalue weighted by atomic mass is 32.2. The Hall–Kier alpha value is -4.27. The van der Waals surface area contributed by atoms with Gasteiger partial charge in [-0.2, -0.15) is 0 Å². The summed E-state index contributed by atoms with van der Waals surface area (Å²) >= 11 is 0. The van der Waals surface area contributed by atoms with Gasteiger partial charge < -0.3 is 25.0 Å². The molecule has 0 radical (unpaired) electrons. The molecule has 3 aliphatic rings. The van der Waals surface area contributed by atoms with Crippen LogP contribution >= 0.6 is 0 Å². The van der Waals surface area contributed by atoms with Gasteiger partial charge in [0.1, 0.15) is 24.0 Å². The fourth-order valence-electron chi connectivity index (χ4n) is 5.82. The number of nitrogens with zero attached hydrogens (tertiary/aromatic N) is 3. The van der Waals surface area contributed by atoms with Gasteiger partial charge >= 0.3 is 6.09 Å². The summed E-state index contributed by atoms with van der Waals surface area (Å²) in [5.41, 5.74) is -2.42. The number of rotatable bonds is 10. The Kier molecular flexibility index (Phi) is 9.23. The van der Waals surface area contributed by atoms with Gasteiger partial charge in [0.15, 0.2) is 6.10 Å². The summed E-state index contributed by atoms with van der Waals surface area (Å²) < 4.78 is 39.3. The van der Waals surface area contributed by atoms with E-state index in [-0.39, 0.29) is 25.3 Å². The number of likely N-dealkylation sites (tertiary alicyclic amines) is 1. The minimum absolute atomic E-state index is 0.0117. The van der Waals surface area contributed by atoms with Crippen LogP contribution in [0.3, 0.4) is 0 Å². The number of ether oxygens (including phenoxy) is 2. The van der Waals surface area contributed by atoms with E-state index in [2.05, 4.69) is 31.9 Å². The first-order valence-corrected chi connectivity index (χ1v) is 17.6. The minimum Gasteiger partial charge on any atom is -0.472 e. The molecule has 2 heterocycles. The van der Waals surface area contributed by atoms with Gasteiger partial charge in [-0.1, -0.05) is 39.0 Å². The number of alkyl carbamates (subject to hydrolysis) is 1. The molecular weight excluding hydrogens is 640 g/mol. The summed E-state index contributed by atoms with van der Waals surface area (Å²) in [4.78, 5) is 64.5. The molecule has 1 unspecified atom stereocenters. The van der Waals surface area contributed by atoms with Gasteiger partial charge in [0.2, 0.25) is 21.8 Å². The Labute approximate surface area is 280 Å². The summed E-state index contributed by atoms with van der Waals surface area (Å²) in [6.07, 6.45) is 1.11. The lowest BCUT2D eigenvalue weighted by Gasteiger charge is -2.35. The zero-order valence-electron chi connectivity index (χ0n) is 28.1. The number of amides is 4. The number of carbonyl (C=O) groups excluding carboxylic acids is 4. The molecule has 5 rings (SSSR count). The topological polar surface area (TPSA) is 186 Å². The van der Waals surface area contributed by atoms with Gasteiger partial charge in [-0.15, -0.1) is 6.58 Å². The Bertz CT molecular complexity index is 1730. The molecule has 5 atom stereocenters. The van der Waals surface area contributed by atoms with Crippen molar-refractivity contribution in [3.63, 3.8) is 0 Å². The maximum absolute atomic E-state index is 14.3. The zero-order chi connectivity index (χ0) is 35.2. The lowest BCUT2D eigenvalue weighted by Crippen LogP contribution is -2.58. The normalized spacial score (nSPS) is 24.7. The first-order chi connectivity index (χ1) is 22.3. The van der Waals surface area contributed by atoms with Crippen LogP contribution in [0.1, 0.15) is 67.2 Å². The van der Waals surface area contributed by atoms with E-state index in [1.54, 1.807) is 53.7 Å². The molecule has 4 amide bonds. The molecule has 14 nitrogen and oxygen atoms in total. The summed E-state index contributed by atoms with van der Waals surface area (Å²) in [5, 5.41) is 5.46. The van der Waals surface area contributed by atoms with Gasteiger partial charge in [-0.05, 0) is 52.2 Å². The summed E-state index contributed by atoms with van der Waals surface area (Å²) in [7, 11) is -3.89. The van der Waals surface area contributed by atoms with E-state index in [1.807, 2.05) is 12.1 Å². The number of nitrogens with one attached hydrogen (secondary N) is 3. The molecule has 3 N–H and O–H groups in total. The molecule has 1 aromatic carbocycles. The van der Waals surface area contributed by atoms with Crippen LogP contribution in [-0.2, 0) is 29.1 Å². The van der Waals surface area contributed by atoms with Crippen LogP contribution in [0.15, 0.2) is 43.2 Å². The molecule has 0 bridgehead atoms. The summed E-state index contributed by atoms with van der Waals surface area (Å²) in [6.45, 7) is 14.2. The molecule has 2 saturated carbocycles. The molecule has 48 heavy (non-hydrogen) atoms. The highest BCUT2D eigenvalue weighted by molar-refractivity contribution is 7.91. The van der Waals surface area contributed by atoms with Crippen molar-refractivity contribution in [2.24, 2.45) is 11.3 Å². The van der Waals surface area contributed by atoms with Crippen LogP contribution in [0.5, 0.6) is 5.88 Å². The third kappa shape index (κ3) is 7.55. The second kappa shape index (κ2) is 12.6. The second-order valence-electron chi connectivity index (χ2n) is 14.9. The van der Waals surface area contributed by atoms with E-state index in [9.17, 15) is 27.6 Å². The number of fused-ring (bicyclic) bond motifs is 1. The average Bonchev–Trinajstić information content (AvgIpc) is 3.91. The van der Waals surface area contributed by atoms with E-state index >= 15 is 0 Å². The van der Waals surface area contributed by atoms with Crippen molar-refractivity contribution in [1.29, 1.82) is 0 Å². The predicted molar refractivity (Wildman–Crippen MR) is 176 cm³/mol. The van der Waals surface area contributed by atoms with Gasteiger partial charge in [0.25, 0.3) is 11.8 Å². The number of aromatic nitrogens is 2. The summed E-state index contributed by atoms with van der Waals surface area (Å²) in [6, 6.07) is 6.08. The molecule has 15 heteroatoms. The second-order valence-corrected chi connectivity index (χ2v) is 16.8. The van der Waals surface area contributed by atoms with Crippen LogP contribution in [0.25, 0.3) is 10.9 Å². The number of benzene rings is 1. The Morgan fingerprint density at radius 2 is 1.77 bits per heavy atom. The average molecular weight is 685 g/mol. The lowest BCUT2D eigenvalue weighted by atomic mass is 9.88. The van der Waals surface area contributed by atoms with E-state index in [0.717, 1.165) is 0 Å². The minimum atomic E-state index is -3.89. The third-order valence-corrected chi connectivity index (χ3v) is 10.4. The van der Waals surface area contributed by atoms with Crippen LogP contribution in [-0.4, -0.2) is 88.2 Å². The lowest BCUT2D eigenvalue weighted by molar-refractivity contribution is -0.150. The zero-order valence-corrected chi connectivity index (χ0v) is 28.9. The number of carbonyl (C=O) groups is 4. The van der Waals surface area contributed by atoms with E-state index in [1.165, 1.54) is 17.3 Å². The van der Waals surface area contributed by atoms with Crippen molar-refractivity contribution in [2.45, 2.75) is 102 Å². The Balaban J connectivity index is 1.43. The van der Waals surface area contributed by atoms with Gasteiger partial charge in [0.05, 0.1) is 22.7 Å². The van der Waals surface area contributed by atoms with Crippen molar-refractivity contribution in [3.05, 3.63) is 43.2 Å². The Morgan fingerprint density at radius 1 is 1.08 bits per heavy atom. The van der Waals surface area contributed by atoms with Crippen molar-refractivity contribution < 1.29 is 37.1 Å². The molecule has 3 fully saturated rings. The molecule has 1 saturated heterocycles. The smallest absolute Gasteiger partial charge is 0.408 e. The molecule has 260 valence electrons. The maximum atomic E-state index is 14.3. The van der Waals surface area contributed by atoms with Crippen LogP contribution in [0, 0.1) is 11.3 Å². The predicted octanol–water partition coefficient (Wildman–Crippen LogP) is 2.59. The van der Waals surface area contributed by atoms with Gasteiger partial charge in [-0.25, -0.2) is 23.2 Å². The molecule has 2 aromatic rings. The largest absolute Gasteiger partial charge is 0.472 e. The van der Waals surface area contributed by atoms with Crippen molar-refractivity contribution in [3.8, 4) is 5.88 Å². The van der Waals surface area contributed by atoms with Gasteiger partial charge in [-0.3, -0.25) is 19.1 Å². The number of hydrogen-bond donors (Lipinski definition) is 3. The molecular formula is C33H44N6O8S. The number of sulfonamides is 1. The first kappa shape index (κ1) is 35.0. The maximum Gasteiger partial charge on any atom is 0.408 e. The number of hydrogen-bond acceptors (Lipinski definition) is 10. The number of para-hydroxylation sites is 1. The van der Waals surface area contributed by atoms with E-state index in [4.69, 9.17) is 9.47 Å². The molecule has 1 aromatic heterocycles. The quantitative estimate of drug-likeness (QED) is 0.314. The monoisotopic (exact) mass is 684 g/mol. The molecule has 1 aliphatic heterocycles. The van der Waals surface area contributed by atoms with Crippen molar-refractivity contribution in [1.82, 2.24) is 30.2 Å². The third-order valence-electron chi connectivity index (χ3n) is 8.59. The Morgan fingerprint density at radius 3 is 2.38 bits per heavy atom. The van der Waals surface area contributed by atoms with Crippen molar-refractivity contribution >= 4 is 44.7 Å². The van der Waals surface area contributed by atoms with Crippen LogP contribution < -0.4 is 20.1 Å². The van der Waals surface area contributed by atoms with E-state index < -0.39 is 79.7 Å². The SMILES string of the molecule is C=C[C@@H]1C[C@]1(NC(=O)[C@@H]1CC(Oc2ncnc3ccccc23)CN1C(=O)[C@@H](OC(=O)NC(C)(C)C)C(C)(C)C)C(=O)NS(=O)(=O)C1CC1. The van der Waals surface area contributed by atoms with E-state index in [0.29, 0.717) is 23.7 Å².